The second kappa shape index (κ2) is 6.37. The number of hydrogen-bond donors (Lipinski definition) is 2. The quantitative estimate of drug-likeness (QED) is 0.805. The summed E-state index contributed by atoms with van der Waals surface area (Å²) in [6.07, 6.45) is 0. The third-order valence-corrected chi connectivity index (χ3v) is 5.09. The van der Waals surface area contributed by atoms with E-state index in [1.54, 1.807) is 0 Å². The first-order valence-electron chi connectivity index (χ1n) is 6.48. The average molecular weight is 298 g/mol. The van der Waals surface area contributed by atoms with Crippen LogP contribution in [-0.2, 0) is 14.8 Å². The molecule has 5 nitrogen and oxygen atoms in total. The van der Waals surface area contributed by atoms with E-state index in [0.717, 1.165) is 22.3 Å². The van der Waals surface area contributed by atoms with Crippen LogP contribution in [0, 0.1) is 27.7 Å². The Morgan fingerprint density at radius 2 is 1.55 bits per heavy atom. The molecule has 1 aromatic rings. The van der Waals surface area contributed by atoms with E-state index in [0.29, 0.717) is 4.90 Å². The maximum atomic E-state index is 12.4. The molecule has 0 saturated heterocycles. The number of aryl methyl sites for hydroxylation is 2. The van der Waals surface area contributed by atoms with Crippen molar-refractivity contribution < 1.29 is 13.2 Å². The van der Waals surface area contributed by atoms with E-state index in [-0.39, 0.29) is 19.0 Å². The summed E-state index contributed by atoms with van der Waals surface area (Å²) in [5.41, 5.74) is 3.44. The van der Waals surface area contributed by atoms with Gasteiger partial charge in [0.15, 0.2) is 0 Å². The molecule has 6 heteroatoms. The van der Waals surface area contributed by atoms with Gasteiger partial charge >= 0.3 is 0 Å². The van der Waals surface area contributed by atoms with Crippen LogP contribution in [0.25, 0.3) is 0 Å². The van der Waals surface area contributed by atoms with Crippen LogP contribution in [0.4, 0.5) is 0 Å². The third kappa shape index (κ3) is 3.80. The lowest BCUT2D eigenvalue weighted by Gasteiger charge is -2.16. The topological polar surface area (TPSA) is 75.3 Å². The summed E-state index contributed by atoms with van der Waals surface area (Å²) in [6.45, 7) is 9.27. The Balaban J connectivity index is 3.01. The molecule has 0 aliphatic rings. The fourth-order valence-electron chi connectivity index (χ4n) is 2.08. The molecule has 1 rings (SSSR count). The Morgan fingerprint density at radius 3 is 2.00 bits per heavy atom. The zero-order valence-corrected chi connectivity index (χ0v) is 13.4. The third-order valence-electron chi connectivity index (χ3n) is 3.36. The van der Waals surface area contributed by atoms with Gasteiger partial charge in [0, 0.05) is 20.0 Å². The molecular formula is C14H22N2O3S. The van der Waals surface area contributed by atoms with Gasteiger partial charge in [0.05, 0.1) is 4.90 Å². The molecule has 2 N–H and O–H groups in total. The first-order chi connectivity index (χ1) is 9.16. The standard InChI is InChI=1S/C14H22N2O3S/c1-9-8-10(2)12(4)14(11(9)3)20(18,19)16-7-6-15-13(5)17/h8,16H,6-7H2,1-5H3,(H,15,17). The highest BCUT2D eigenvalue weighted by Crippen LogP contribution is 2.25. The zero-order valence-electron chi connectivity index (χ0n) is 12.6. The molecule has 0 saturated carbocycles. The van der Waals surface area contributed by atoms with Gasteiger partial charge in [-0.1, -0.05) is 6.07 Å². The summed E-state index contributed by atoms with van der Waals surface area (Å²) in [5, 5.41) is 2.56. The molecule has 0 aromatic heterocycles. The van der Waals surface area contributed by atoms with Gasteiger partial charge < -0.3 is 5.32 Å². The van der Waals surface area contributed by atoms with Crippen LogP contribution < -0.4 is 10.0 Å². The summed E-state index contributed by atoms with van der Waals surface area (Å²) in [5.74, 6) is -0.178. The van der Waals surface area contributed by atoms with Crippen molar-refractivity contribution in [3.63, 3.8) is 0 Å². The van der Waals surface area contributed by atoms with Crippen LogP contribution >= 0.6 is 0 Å². The highest BCUT2D eigenvalue weighted by atomic mass is 32.2. The van der Waals surface area contributed by atoms with Gasteiger partial charge in [-0.25, -0.2) is 13.1 Å². The van der Waals surface area contributed by atoms with E-state index in [2.05, 4.69) is 10.0 Å². The van der Waals surface area contributed by atoms with E-state index in [9.17, 15) is 13.2 Å². The molecule has 0 atom stereocenters. The van der Waals surface area contributed by atoms with Crippen molar-refractivity contribution in [1.82, 2.24) is 10.0 Å². The van der Waals surface area contributed by atoms with Gasteiger partial charge in [-0.05, 0) is 49.9 Å². The number of amides is 1. The fraction of sp³-hybridized carbons (Fsp3) is 0.500. The Morgan fingerprint density at radius 1 is 1.05 bits per heavy atom. The molecule has 0 spiro atoms. The van der Waals surface area contributed by atoms with Gasteiger partial charge in [-0.15, -0.1) is 0 Å². The summed E-state index contributed by atoms with van der Waals surface area (Å²) in [7, 11) is -3.57. The molecule has 0 radical (unpaired) electrons. The molecular weight excluding hydrogens is 276 g/mol. The van der Waals surface area contributed by atoms with Gasteiger partial charge in [-0.2, -0.15) is 0 Å². The van der Waals surface area contributed by atoms with Crippen LogP contribution in [0.2, 0.25) is 0 Å². The summed E-state index contributed by atoms with van der Waals surface area (Å²) in [4.78, 5) is 11.1. The Hall–Kier alpha value is -1.40. The predicted octanol–water partition coefficient (Wildman–Crippen LogP) is 1.33. The number of carbonyl (C=O) groups excluding carboxylic acids is 1. The zero-order chi connectivity index (χ0) is 15.5. The van der Waals surface area contributed by atoms with Gasteiger partial charge in [-0.3, -0.25) is 4.79 Å². The van der Waals surface area contributed by atoms with Crippen molar-refractivity contribution >= 4 is 15.9 Å². The van der Waals surface area contributed by atoms with Gasteiger partial charge in [0.25, 0.3) is 0 Å². The van der Waals surface area contributed by atoms with Crippen LogP contribution in [0.3, 0.4) is 0 Å². The van der Waals surface area contributed by atoms with Crippen LogP contribution in [0.1, 0.15) is 29.2 Å². The van der Waals surface area contributed by atoms with Crippen molar-refractivity contribution in [2.75, 3.05) is 13.1 Å². The second-order valence-corrected chi connectivity index (χ2v) is 6.67. The van der Waals surface area contributed by atoms with Crippen molar-refractivity contribution in [1.29, 1.82) is 0 Å². The average Bonchev–Trinajstić information content (AvgIpc) is 2.32. The molecule has 112 valence electrons. The van der Waals surface area contributed by atoms with E-state index in [1.165, 1.54) is 6.92 Å². The van der Waals surface area contributed by atoms with Crippen LogP contribution in [-0.4, -0.2) is 27.4 Å². The van der Waals surface area contributed by atoms with E-state index in [4.69, 9.17) is 0 Å². The van der Waals surface area contributed by atoms with Gasteiger partial charge in [0.1, 0.15) is 0 Å². The Kier molecular flexibility index (Phi) is 5.30. The SMILES string of the molecule is CC(=O)NCCNS(=O)(=O)c1c(C)c(C)cc(C)c1C. The van der Waals surface area contributed by atoms with E-state index >= 15 is 0 Å². The number of benzene rings is 1. The number of sulfonamides is 1. The first-order valence-corrected chi connectivity index (χ1v) is 7.96. The van der Waals surface area contributed by atoms with Crippen LogP contribution in [0.15, 0.2) is 11.0 Å². The smallest absolute Gasteiger partial charge is 0.241 e. The minimum atomic E-state index is -3.57. The van der Waals surface area contributed by atoms with E-state index < -0.39 is 10.0 Å². The summed E-state index contributed by atoms with van der Waals surface area (Å²) >= 11 is 0. The highest BCUT2D eigenvalue weighted by molar-refractivity contribution is 7.89. The molecule has 0 unspecified atom stereocenters. The lowest BCUT2D eigenvalue weighted by atomic mass is 10.0. The van der Waals surface area contributed by atoms with Crippen molar-refractivity contribution in [3.05, 3.63) is 28.3 Å². The van der Waals surface area contributed by atoms with Crippen molar-refractivity contribution in [2.45, 2.75) is 39.5 Å². The lowest BCUT2D eigenvalue weighted by molar-refractivity contribution is -0.118. The van der Waals surface area contributed by atoms with E-state index in [1.807, 2.05) is 33.8 Å². The number of nitrogens with one attached hydrogen (secondary N) is 2. The monoisotopic (exact) mass is 298 g/mol. The molecule has 0 aliphatic heterocycles. The number of hydrogen-bond acceptors (Lipinski definition) is 3. The number of rotatable bonds is 5. The molecule has 1 amide bonds. The molecule has 0 bridgehead atoms. The van der Waals surface area contributed by atoms with Crippen molar-refractivity contribution in [3.8, 4) is 0 Å². The normalized spacial score (nSPS) is 11.4. The fourth-order valence-corrected chi connectivity index (χ4v) is 3.72. The Bertz CT molecular complexity index is 596. The lowest BCUT2D eigenvalue weighted by Crippen LogP contribution is -2.34. The molecule has 20 heavy (non-hydrogen) atoms. The first kappa shape index (κ1) is 16.7. The molecule has 0 aliphatic carbocycles. The molecule has 0 heterocycles. The predicted molar refractivity (Wildman–Crippen MR) is 79.3 cm³/mol. The van der Waals surface area contributed by atoms with Crippen molar-refractivity contribution in [2.24, 2.45) is 0 Å². The summed E-state index contributed by atoms with van der Waals surface area (Å²) in [6, 6.07) is 1.99. The maximum absolute atomic E-state index is 12.4. The maximum Gasteiger partial charge on any atom is 0.241 e. The minimum Gasteiger partial charge on any atom is -0.355 e. The second-order valence-electron chi connectivity index (χ2n) is 4.97. The largest absolute Gasteiger partial charge is 0.355 e. The highest BCUT2D eigenvalue weighted by Gasteiger charge is 2.21. The van der Waals surface area contributed by atoms with Crippen LogP contribution in [0.5, 0.6) is 0 Å². The molecule has 1 aromatic carbocycles. The van der Waals surface area contributed by atoms with Gasteiger partial charge in [0.2, 0.25) is 15.9 Å². The minimum absolute atomic E-state index is 0.174. The summed E-state index contributed by atoms with van der Waals surface area (Å²) < 4.78 is 27.3. The Labute approximate surface area is 120 Å². The molecule has 0 fully saturated rings. The number of carbonyl (C=O) groups is 1.